The Labute approximate surface area is 85.5 Å². The van der Waals surface area contributed by atoms with Crippen molar-refractivity contribution in [3.63, 3.8) is 0 Å². The lowest BCUT2D eigenvalue weighted by molar-refractivity contribution is 0.585. The van der Waals surface area contributed by atoms with Crippen molar-refractivity contribution in [1.29, 1.82) is 4.78 Å². The second-order valence-corrected chi connectivity index (χ2v) is 6.66. The molecule has 3 nitrogen and oxygen atoms in total. The lowest BCUT2D eigenvalue weighted by atomic mass is 9.88. The zero-order valence-electron chi connectivity index (χ0n) is 9.00. The molecule has 78 valence electrons. The zero-order valence-corrected chi connectivity index (χ0v) is 9.81. The van der Waals surface area contributed by atoms with Crippen LogP contribution in [0.2, 0.25) is 0 Å². The summed E-state index contributed by atoms with van der Waals surface area (Å²) in [5.74, 6) is 0. The summed E-state index contributed by atoms with van der Waals surface area (Å²) >= 11 is 0. The molecule has 0 unspecified atom stereocenters. The molecule has 0 amide bonds. The first-order valence-corrected chi connectivity index (χ1v) is 6.37. The van der Waals surface area contributed by atoms with E-state index >= 15 is 0 Å². The molecule has 0 aromatic carbocycles. The number of hydrogen-bond donors (Lipinski definition) is 1. The van der Waals surface area contributed by atoms with Crippen LogP contribution in [0.25, 0.3) is 0 Å². The van der Waals surface area contributed by atoms with E-state index < -0.39 is 9.73 Å². The summed E-state index contributed by atoms with van der Waals surface area (Å²) in [6.07, 6.45) is 4.68. The first kappa shape index (κ1) is 11.2. The Kier molecular flexibility index (Phi) is 2.67. The van der Waals surface area contributed by atoms with Crippen LogP contribution >= 0.6 is 0 Å². The van der Waals surface area contributed by atoms with Crippen LogP contribution in [-0.4, -0.2) is 15.4 Å². The maximum atomic E-state index is 11.5. The van der Waals surface area contributed by atoms with Crippen molar-refractivity contribution in [3.05, 3.63) is 24.0 Å². The van der Waals surface area contributed by atoms with Gasteiger partial charge in [-0.25, -0.2) is 8.99 Å². The molecule has 0 saturated heterocycles. The molecule has 1 aromatic heterocycles. The fraction of sp³-hybridized carbons (Fsp3) is 0.500. The minimum Gasteiger partial charge on any atom is -0.263 e. The topological polar surface area (TPSA) is 53.8 Å². The Morgan fingerprint density at radius 1 is 1.36 bits per heavy atom. The largest absolute Gasteiger partial charge is 0.263 e. The molecule has 0 saturated carbocycles. The summed E-state index contributed by atoms with van der Waals surface area (Å²) in [6, 6.07) is 1.81. The number of hydrogen-bond acceptors (Lipinski definition) is 3. The highest BCUT2D eigenvalue weighted by molar-refractivity contribution is 7.91. The molecule has 0 radical (unpaired) electrons. The Morgan fingerprint density at radius 3 is 2.36 bits per heavy atom. The molecule has 0 spiro atoms. The van der Waals surface area contributed by atoms with Gasteiger partial charge in [-0.15, -0.1) is 0 Å². The normalized spacial score (nSPS) is 16.3. The monoisotopic (exact) mass is 212 g/mol. The van der Waals surface area contributed by atoms with E-state index in [1.165, 1.54) is 12.5 Å². The smallest absolute Gasteiger partial charge is 0.0712 e. The number of aromatic nitrogens is 1. The van der Waals surface area contributed by atoms with Gasteiger partial charge in [-0.1, -0.05) is 20.8 Å². The Bertz CT molecular complexity index is 430. The van der Waals surface area contributed by atoms with Gasteiger partial charge in [0.05, 0.1) is 14.6 Å². The molecule has 0 fully saturated rings. The van der Waals surface area contributed by atoms with Gasteiger partial charge in [0.1, 0.15) is 0 Å². The van der Waals surface area contributed by atoms with Crippen LogP contribution in [0.15, 0.2) is 23.4 Å². The summed E-state index contributed by atoms with van der Waals surface area (Å²) in [4.78, 5) is 4.52. The lowest BCUT2D eigenvalue weighted by Crippen LogP contribution is -2.12. The van der Waals surface area contributed by atoms with Crippen molar-refractivity contribution in [3.8, 4) is 0 Å². The van der Waals surface area contributed by atoms with Gasteiger partial charge < -0.3 is 0 Å². The Balaban J connectivity index is 3.29. The maximum absolute atomic E-state index is 11.5. The summed E-state index contributed by atoms with van der Waals surface area (Å²) in [5.41, 5.74) is 0.991. The van der Waals surface area contributed by atoms with Gasteiger partial charge in [0.15, 0.2) is 0 Å². The van der Waals surface area contributed by atoms with Crippen molar-refractivity contribution in [2.24, 2.45) is 0 Å². The van der Waals surface area contributed by atoms with Crippen LogP contribution in [0.4, 0.5) is 0 Å². The zero-order chi connectivity index (χ0) is 11.0. The van der Waals surface area contributed by atoms with Crippen molar-refractivity contribution < 1.29 is 4.21 Å². The van der Waals surface area contributed by atoms with Crippen LogP contribution in [0.1, 0.15) is 26.3 Å². The van der Waals surface area contributed by atoms with Gasteiger partial charge in [0, 0.05) is 18.6 Å². The molecule has 1 atom stereocenters. The van der Waals surface area contributed by atoms with Gasteiger partial charge in [0.2, 0.25) is 0 Å². The van der Waals surface area contributed by atoms with Gasteiger partial charge in [-0.2, -0.15) is 0 Å². The number of rotatable bonds is 1. The van der Waals surface area contributed by atoms with Crippen LogP contribution in [0.5, 0.6) is 0 Å². The molecule has 1 rings (SSSR count). The predicted molar refractivity (Wildman–Crippen MR) is 58.0 cm³/mol. The molecule has 0 aliphatic rings. The van der Waals surface area contributed by atoms with Crippen molar-refractivity contribution in [2.45, 2.75) is 31.1 Å². The van der Waals surface area contributed by atoms with E-state index in [9.17, 15) is 4.21 Å². The summed E-state index contributed by atoms with van der Waals surface area (Å²) in [6.45, 7) is 6.19. The first-order chi connectivity index (χ1) is 6.21. The molecule has 4 heteroatoms. The van der Waals surface area contributed by atoms with E-state index in [1.807, 2.05) is 6.07 Å². The minimum absolute atomic E-state index is 0.0201. The third-order valence-electron chi connectivity index (χ3n) is 2.03. The highest BCUT2D eigenvalue weighted by atomic mass is 32.2. The number of nitrogens with zero attached hydrogens (tertiary/aromatic N) is 1. The fourth-order valence-corrected chi connectivity index (χ4v) is 1.66. The second kappa shape index (κ2) is 3.35. The summed E-state index contributed by atoms with van der Waals surface area (Å²) < 4.78 is 19.0. The average molecular weight is 212 g/mol. The molecule has 0 aliphatic heterocycles. The van der Waals surface area contributed by atoms with Crippen LogP contribution in [0, 0.1) is 4.78 Å². The quantitative estimate of drug-likeness (QED) is 0.777. The molecule has 0 bridgehead atoms. The SMILES string of the molecule is CC(C)(C)c1cncc([S@@](C)(=N)=O)c1. The van der Waals surface area contributed by atoms with E-state index in [2.05, 4.69) is 25.8 Å². The van der Waals surface area contributed by atoms with E-state index in [1.54, 1.807) is 6.20 Å². The highest BCUT2D eigenvalue weighted by Crippen LogP contribution is 2.23. The molecule has 1 N–H and O–H groups in total. The summed E-state index contributed by atoms with van der Waals surface area (Å²) in [5, 5.41) is 0. The lowest BCUT2D eigenvalue weighted by Gasteiger charge is -2.18. The van der Waals surface area contributed by atoms with Crippen LogP contribution in [0.3, 0.4) is 0 Å². The highest BCUT2D eigenvalue weighted by Gasteiger charge is 2.15. The van der Waals surface area contributed by atoms with Gasteiger partial charge in [0.25, 0.3) is 0 Å². The first-order valence-electron chi connectivity index (χ1n) is 4.40. The number of nitrogens with one attached hydrogen (secondary N) is 1. The summed E-state index contributed by atoms with van der Waals surface area (Å²) in [7, 11) is -2.65. The standard InChI is InChI=1S/C10H16N2OS/c1-10(2,3)8-5-9(7-12-6-8)14(4,11)13/h5-7,11H,1-4H3/t14-/m0/s1. The van der Waals surface area contributed by atoms with Crippen molar-refractivity contribution in [1.82, 2.24) is 4.98 Å². The number of pyridine rings is 1. The Hall–Kier alpha value is -0.900. The van der Waals surface area contributed by atoms with E-state index in [0.29, 0.717) is 4.90 Å². The van der Waals surface area contributed by atoms with E-state index in [0.717, 1.165) is 5.56 Å². The molecule has 0 aliphatic carbocycles. The second-order valence-electron chi connectivity index (χ2n) is 4.50. The van der Waals surface area contributed by atoms with Crippen LogP contribution in [-0.2, 0) is 15.1 Å². The van der Waals surface area contributed by atoms with Gasteiger partial charge >= 0.3 is 0 Å². The van der Waals surface area contributed by atoms with Gasteiger partial charge in [-0.3, -0.25) is 4.98 Å². The van der Waals surface area contributed by atoms with E-state index in [-0.39, 0.29) is 5.41 Å². The Morgan fingerprint density at radius 2 is 1.93 bits per heavy atom. The van der Waals surface area contributed by atoms with Crippen molar-refractivity contribution >= 4 is 9.73 Å². The van der Waals surface area contributed by atoms with E-state index in [4.69, 9.17) is 4.78 Å². The molecule has 14 heavy (non-hydrogen) atoms. The van der Waals surface area contributed by atoms with Crippen molar-refractivity contribution in [2.75, 3.05) is 6.26 Å². The maximum Gasteiger partial charge on any atom is 0.0712 e. The molecular weight excluding hydrogens is 196 g/mol. The fourth-order valence-electron chi connectivity index (χ4n) is 1.04. The van der Waals surface area contributed by atoms with Crippen LogP contribution < -0.4 is 0 Å². The third-order valence-corrected chi connectivity index (χ3v) is 3.15. The molecule has 1 heterocycles. The third kappa shape index (κ3) is 2.54. The predicted octanol–water partition coefficient (Wildman–Crippen LogP) is 2.41. The van der Waals surface area contributed by atoms with Gasteiger partial charge in [-0.05, 0) is 17.0 Å². The average Bonchev–Trinajstić information content (AvgIpc) is 2.01. The minimum atomic E-state index is -2.65. The molecule has 1 aromatic rings. The molecular formula is C10H16N2OS.